The van der Waals surface area contributed by atoms with Gasteiger partial charge in [0.25, 0.3) is 0 Å². The van der Waals surface area contributed by atoms with Gasteiger partial charge in [0.15, 0.2) is 0 Å². The van der Waals surface area contributed by atoms with Crippen molar-refractivity contribution in [3.8, 4) is 0 Å². The lowest BCUT2D eigenvalue weighted by atomic mass is 9.96. The third-order valence-corrected chi connectivity index (χ3v) is 3.52. The van der Waals surface area contributed by atoms with Crippen molar-refractivity contribution in [3.63, 3.8) is 0 Å². The molecule has 2 rings (SSSR count). The lowest BCUT2D eigenvalue weighted by Crippen LogP contribution is -2.30. The van der Waals surface area contributed by atoms with Gasteiger partial charge in [0.1, 0.15) is 0 Å². The van der Waals surface area contributed by atoms with Gasteiger partial charge in [-0.05, 0) is 41.7 Å². The minimum Gasteiger partial charge on any atom is -0.271 e. The molecule has 0 aliphatic rings. The van der Waals surface area contributed by atoms with Crippen LogP contribution in [0.3, 0.4) is 0 Å². The number of rotatable bonds is 5. The number of aryl methyl sites for hydroxylation is 1. The molecule has 2 aromatic heterocycles. The molecule has 0 saturated carbocycles. The Morgan fingerprint density at radius 2 is 1.95 bits per heavy atom. The summed E-state index contributed by atoms with van der Waals surface area (Å²) < 4.78 is 0. The highest BCUT2D eigenvalue weighted by molar-refractivity contribution is 6.31. The molecule has 4 nitrogen and oxygen atoms in total. The smallest absolute Gasteiger partial charge is 0.0622 e. The van der Waals surface area contributed by atoms with Gasteiger partial charge in [-0.15, -0.1) is 0 Å². The SMILES string of the molecule is CCc1cnccc1C(Cc1ccncc1Cl)NN. The maximum atomic E-state index is 6.14. The lowest BCUT2D eigenvalue weighted by molar-refractivity contribution is 0.547. The number of halogens is 1. The van der Waals surface area contributed by atoms with E-state index in [1.54, 1.807) is 18.6 Å². The average molecular weight is 277 g/mol. The van der Waals surface area contributed by atoms with Gasteiger partial charge in [0, 0.05) is 24.8 Å². The van der Waals surface area contributed by atoms with Gasteiger partial charge >= 0.3 is 0 Å². The number of nitrogens with zero attached hydrogens (tertiary/aromatic N) is 2. The van der Waals surface area contributed by atoms with Crippen molar-refractivity contribution in [1.29, 1.82) is 0 Å². The van der Waals surface area contributed by atoms with Crippen LogP contribution in [0.15, 0.2) is 36.9 Å². The van der Waals surface area contributed by atoms with Crippen LogP contribution in [-0.2, 0) is 12.8 Å². The van der Waals surface area contributed by atoms with Crippen molar-refractivity contribution in [3.05, 3.63) is 58.6 Å². The minimum atomic E-state index is 0.0119. The number of nitrogens with two attached hydrogens (primary N) is 1. The summed E-state index contributed by atoms with van der Waals surface area (Å²) in [6.07, 6.45) is 8.70. The van der Waals surface area contributed by atoms with Crippen LogP contribution in [0, 0.1) is 0 Å². The normalized spacial score (nSPS) is 12.4. The Balaban J connectivity index is 2.28. The number of hydrogen-bond acceptors (Lipinski definition) is 4. The maximum absolute atomic E-state index is 6.14. The van der Waals surface area contributed by atoms with Crippen LogP contribution >= 0.6 is 11.6 Å². The van der Waals surface area contributed by atoms with Crippen LogP contribution < -0.4 is 11.3 Å². The number of hydrogen-bond donors (Lipinski definition) is 2. The van der Waals surface area contributed by atoms with E-state index in [9.17, 15) is 0 Å². The van der Waals surface area contributed by atoms with E-state index in [2.05, 4.69) is 22.3 Å². The summed E-state index contributed by atoms with van der Waals surface area (Å²) in [5.74, 6) is 5.70. The zero-order chi connectivity index (χ0) is 13.7. The van der Waals surface area contributed by atoms with Crippen molar-refractivity contribution in [2.45, 2.75) is 25.8 Å². The number of pyridine rings is 2. The van der Waals surface area contributed by atoms with Crippen molar-refractivity contribution in [2.24, 2.45) is 5.84 Å². The first kappa shape index (κ1) is 13.9. The molecule has 0 bridgehead atoms. The largest absolute Gasteiger partial charge is 0.271 e. The summed E-state index contributed by atoms with van der Waals surface area (Å²) >= 11 is 6.14. The lowest BCUT2D eigenvalue weighted by Gasteiger charge is -2.19. The molecule has 0 aliphatic carbocycles. The second kappa shape index (κ2) is 6.61. The summed E-state index contributed by atoms with van der Waals surface area (Å²) in [5, 5.41) is 0.662. The predicted octanol–water partition coefficient (Wildman–Crippen LogP) is 2.44. The molecule has 2 heterocycles. The van der Waals surface area contributed by atoms with Crippen molar-refractivity contribution >= 4 is 11.6 Å². The highest BCUT2D eigenvalue weighted by atomic mass is 35.5. The third-order valence-electron chi connectivity index (χ3n) is 3.18. The first-order chi connectivity index (χ1) is 9.26. The zero-order valence-corrected chi connectivity index (χ0v) is 11.6. The molecule has 0 aromatic carbocycles. The van der Waals surface area contributed by atoms with Gasteiger partial charge in [-0.3, -0.25) is 21.2 Å². The molecule has 0 saturated heterocycles. The van der Waals surface area contributed by atoms with Gasteiger partial charge in [-0.2, -0.15) is 0 Å². The summed E-state index contributed by atoms with van der Waals surface area (Å²) in [7, 11) is 0. The third kappa shape index (κ3) is 3.29. The molecular weight excluding hydrogens is 260 g/mol. The van der Waals surface area contributed by atoms with Crippen molar-refractivity contribution in [2.75, 3.05) is 0 Å². The van der Waals surface area contributed by atoms with E-state index in [1.165, 1.54) is 5.56 Å². The van der Waals surface area contributed by atoms with Crippen LogP contribution in [0.1, 0.15) is 29.7 Å². The van der Waals surface area contributed by atoms with E-state index in [-0.39, 0.29) is 6.04 Å². The van der Waals surface area contributed by atoms with Crippen LogP contribution in [0.4, 0.5) is 0 Å². The van der Waals surface area contributed by atoms with Crippen LogP contribution in [0.5, 0.6) is 0 Å². The number of nitrogens with one attached hydrogen (secondary N) is 1. The molecule has 1 unspecified atom stereocenters. The van der Waals surface area contributed by atoms with Gasteiger partial charge in [0.2, 0.25) is 0 Å². The topological polar surface area (TPSA) is 63.8 Å². The Morgan fingerprint density at radius 1 is 1.21 bits per heavy atom. The molecule has 0 amide bonds. The maximum Gasteiger partial charge on any atom is 0.0622 e. The molecule has 0 spiro atoms. The average Bonchev–Trinajstić information content (AvgIpc) is 2.46. The fraction of sp³-hybridized carbons (Fsp3) is 0.286. The van der Waals surface area contributed by atoms with E-state index in [1.807, 2.05) is 18.3 Å². The minimum absolute atomic E-state index is 0.0119. The van der Waals surface area contributed by atoms with E-state index < -0.39 is 0 Å². The van der Waals surface area contributed by atoms with E-state index in [4.69, 9.17) is 17.4 Å². The second-order valence-electron chi connectivity index (χ2n) is 4.32. The molecule has 100 valence electrons. The molecule has 0 radical (unpaired) electrons. The molecule has 19 heavy (non-hydrogen) atoms. The number of aromatic nitrogens is 2. The Kier molecular flexibility index (Phi) is 4.85. The molecule has 2 aromatic rings. The highest BCUT2D eigenvalue weighted by Gasteiger charge is 2.15. The molecule has 5 heteroatoms. The summed E-state index contributed by atoms with van der Waals surface area (Å²) in [4.78, 5) is 8.14. The molecular formula is C14H17ClN4. The van der Waals surface area contributed by atoms with Gasteiger partial charge < -0.3 is 0 Å². The summed E-state index contributed by atoms with van der Waals surface area (Å²) in [6, 6.07) is 3.93. The highest BCUT2D eigenvalue weighted by Crippen LogP contribution is 2.24. The molecule has 1 atom stereocenters. The van der Waals surface area contributed by atoms with Gasteiger partial charge in [0.05, 0.1) is 11.1 Å². The first-order valence-corrected chi connectivity index (χ1v) is 6.61. The molecule has 3 N–H and O–H groups in total. The molecule has 0 fully saturated rings. The number of hydrazine groups is 1. The predicted molar refractivity (Wildman–Crippen MR) is 76.6 cm³/mol. The standard InChI is InChI=1S/C14H17ClN4/c1-2-10-8-17-6-4-12(10)14(19-16)7-11-3-5-18-9-13(11)15/h3-6,8-9,14,19H,2,7,16H2,1H3. The Hall–Kier alpha value is -1.49. The monoisotopic (exact) mass is 276 g/mol. The Labute approximate surface area is 118 Å². The van der Waals surface area contributed by atoms with Crippen LogP contribution in [0.2, 0.25) is 5.02 Å². The van der Waals surface area contributed by atoms with E-state index in [0.29, 0.717) is 5.02 Å². The summed E-state index contributed by atoms with van der Waals surface area (Å²) in [5.41, 5.74) is 6.24. The van der Waals surface area contributed by atoms with Crippen LogP contribution in [0.25, 0.3) is 0 Å². The second-order valence-corrected chi connectivity index (χ2v) is 4.73. The molecule has 0 aliphatic heterocycles. The van der Waals surface area contributed by atoms with E-state index >= 15 is 0 Å². The van der Waals surface area contributed by atoms with Crippen LogP contribution in [-0.4, -0.2) is 9.97 Å². The summed E-state index contributed by atoms with van der Waals surface area (Å²) in [6.45, 7) is 2.10. The van der Waals surface area contributed by atoms with Gasteiger partial charge in [-0.1, -0.05) is 18.5 Å². The fourth-order valence-corrected chi connectivity index (χ4v) is 2.32. The Bertz CT molecular complexity index is 544. The fourth-order valence-electron chi connectivity index (χ4n) is 2.12. The van der Waals surface area contributed by atoms with Crippen molar-refractivity contribution in [1.82, 2.24) is 15.4 Å². The van der Waals surface area contributed by atoms with E-state index in [0.717, 1.165) is 24.0 Å². The first-order valence-electron chi connectivity index (χ1n) is 6.23. The zero-order valence-electron chi connectivity index (χ0n) is 10.8. The Morgan fingerprint density at radius 3 is 2.63 bits per heavy atom. The van der Waals surface area contributed by atoms with Crippen molar-refractivity contribution < 1.29 is 0 Å². The van der Waals surface area contributed by atoms with Gasteiger partial charge in [-0.25, -0.2) is 0 Å². The quantitative estimate of drug-likeness (QED) is 0.650.